The molecule has 5 nitrogen and oxygen atoms in total. The lowest BCUT2D eigenvalue weighted by molar-refractivity contribution is -0.121. The van der Waals surface area contributed by atoms with Crippen LogP contribution in [0.2, 0.25) is 0 Å². The zero-order chi connectivity index (χ0) is 15.9. The molecule has 1 amide bonds. The van der Waals surface area contributed by atoms with Crippen molar-refractivity contribution >= 4 is 28.9 Å². The molecule has 1 aliphatic heterocycles. The van der Waals surface area contributed by atoms with Gasteiger partial charge >= 0.3 is 0 Å². The molecule has 1 saturated heterocycles. The number of aromatic hydroxyl groups is 1. The Morgan fingerprint density at radius 3 is 2.68 bits per heavy atom. The second-order valence-corrected chi connectivity index (χ2v) is 5.89. The van der Waals surface area contributed by atoms with Crippen molar-refractivity contribution in [1.29, 1.82) is 0 Å². The van der Waals surface area contributed by atoms with E-state index in [2.05, 4.69) is 22.5 Å². The normalized spacial score (nSPS) is 15.4. The number of phenolic OH excluding ortho intramolecular Hbond substituents is 1. The highest BCUT2D eigenvalue weighted by Gasteiger charge is 2.26. The van der Waals surface area contributed by atoms with E-state index in [1.54, 1.807) is 24.3 Å². The SMILES string of the molecule is CCCNC(=S)N1CCC(C(=O)Nc2ccccc2O)CC1. The number of benzene rings is 1. The van der Waals surface area contributed by atoms with Crippen molar-refractivity contribution in [3.05, 3.63) is 24.3 Å². The minimum absolute atomic E-state index is 0.0337. The summed E-state index contributed by atoms with van der Waals surface area (Å²) < 4.78 is 0. The Bertz CT molecular complexity index is 528. The van der Waals surface area contributed by atoms with Gasteiger partial charge in [-0.2, -0.15) is 0 Å². The van der Waals surface area contributed by atoms with E-state index in [0.717, 1.165) is 44.0 Å². The van der Waals surface area contributed by atoms with E-state index in [9.17, 15) is 9.90 Å². The maximum absolute atomic E-state index is 12.3. The Balaban J connectivity index is 1.82. The highest BCUT2D eigenvalue weighted by molar-refractivity contribution is 7.80. The molecule has 120 valence electrons. The first kappa shape index (κ1) is 16.5. The monoisotopic (exact) mass is 321 g/mol. The number of nitrogens with zero attached hydrogens (tertiary/aromatic N) is 1. The second-order valence-electron chi connectivity index (χ2n) is 5.50. The fourth-order valence-corrected chi connectivity index (χ4v) is 2.79. The van der Waals surface area contributed by atoms with Gasteiger partial charge in [0.25, 0.3) is 0 Å². The third-order valence-electron chi connectivity index (χ3n) is 3.84. The summed E-state index contributed by atoms with van der Waals surface area (Å²) in [6, 6.07) is 6.78. The summed E-state index contributed by atoms with van der Waals surface area (Å²) in [6.45, 7) is 4.56. The Kier molecular flexibility index (Phi) is 6.00. The molecule has 1 heterocycles. The maximum atomic E-state index is 12.3. The van der Waals surface area contributed by atoms with Crippen molar-refractivity contribution in [3.8, 4) is 5.75 Å². The van der Waals surface area contributed by atoms with Crippen LogP contribution in [0.5, 0.6) is 5.75 Å². The van der Waals surface area contributed by atoms with E-state index in [4.69, 9.17) is 12.2 Å². The van der Waals surface area contributed by atoms with Crippen LogP contribution in [0.15, 0.2) is 24.3 Å². The fourth-order valence-electron chi connectivity index (χ4n) is 2.50. The molecule has 0 aromatic heterocycles. The number of anilines is 1. The predicted octanol–water partition coefficient (Wildman–Crippen LogP) is 2.33. The Morgan fingerprint density at radius 2 is 2.05 bits per heavy atom. The van der Waals surface area contributed by atoms with Crippen LogP contribution in [-0.4, -0.2) is 40.7 Å². The molecule has 22 heavy (non-hydrogen) atoms. The van der Waals surface area contributed by atoms with Gasteiger partial charge in [-0.1, -0.05) is 19.1 Å². The van der Waals surface area contributed by atoms with E-state index < -0.39 is 0 Å². The van der Waals surface area contributed by atoms with Crippen molar-refractivity contribution in [1.82, 2.24) is 10.2 Å². The van der Waals surface area contributed by atoms with Crippen molar-refractivity contribution in [2.75, 3.05) is 25.0 Å². The quantitative estimate of drug-likeness (QED) is 0.587. The van der Waals surface area contributed by atoms with Gasteiger partial charge < -0.3 is 20.6 Å². The number of rotatable bonds is 4. The third kappa shape index (κ3) is 4.34. The number of amides is 1. The molecule has 2 rings (SSSR count). The number of likely N-dealkylation sites (tertiary alicyclic amines) is 1. The van der Waals surface area contributed by atoms with E-state index in [1.807, 2.05) is 0 Å². The molecular weight excluding hydrogens is 298 g/mol. The highest BCUT2D eigenvalue weighted by atomic mass is 32.1. The number of nitrogens with one attached hydrogen (secondary N) is 2. The summed E-state index contributed by atoms with van der Waals surface area (Å²) in [7, 11) is 0. The van der Waals surface area contributed by atoms with Gasteiger partial charge in [-0.15, -0.1) is 0 Å². The number of para-hydroxylation sites is 2. The summed E-state index contributed by atoms with van der Waals surface area (Å²) in [5, 5.41) is 16.5. The molecule has 1 aromatic carbocycles. The third-order valence-corrected chi connectivity index (χ3v) is 4.24. The lowest BCUT2D eigenvalue weighted by Gasteiger charge is -2.33. The first-order valence-corrected chi connectivity index (χ1v) is 8.14. The van der Waals surface area contributed by atoms with Crippen LogP contribution in [-0.2, 0) is 4.79 Å². The van der Waals surface area contributed by atoms with Crippen LogP contribution in [0.1, 0.15) is 26.2 Å². The maximum Gasteiger partial charge on any atom is 0.227 e. The zero-order valence-electron chi connectivity index (χ0n) is 12.8. The Hall–Kier alpha value is -1.82. The van der Waals surface area contributed by atoms with Gasteiger partial charge in [0.1, 0.15) is 5.75 Å². The summed E-state index contributed by atoms with van der Waals surface area (Å²) in [5.74, 6) is 0.0247. The lowest BCUT2D eigenvalue weighted by atomic mass is 9.96. The number of carbonyl (C=O) groups excluding carboxylic acids is 1. The van der Waals surface area contributed by atoms with E-state index in [0.29, 0.717) is 5.69 Å². The molecule has 0 saturated carbocycles. The standard InChI is InChI=1S/C16H23N3O2S/c1-2-9-17-16(22)19-10-7-12(8-11-19)15(21)18-13-5-3-4-6-14(13)20/h3-6,12,20H,2,7-11H2,1H3,(H,17,22)(H,18,21). The second kappa shape index (κ2) is 7.98. The van der Waals surface area contributed by atoms with Gasteiger partial charge in [0.2, 0.25) is 5.91 Å². The number of piperidine rings is 1. The average Bonchev–Trinajstić information content (AvgIpc) is 2.55. The van der Waals surface area contributed by atoms with Crippen molar-refractivity contribution in [2.24, 2.45) is 5.92 Å². The van der Waals surface area contributed by atoms with Crippen LogP contribution in [0, 0.1) is 5.92 Å². The van der Waals surface area contributed by atoms with Gasteiger partial charge in [-0.3, -0.25) is 4.79 Å². The van der Waals surface area contributed by atoms with Gasteiger partial charge in [-0.25, -0.2) is 0 Å². The smallest absolute Gasteiger partial charge is 0.227 e. The number of hydrogen-bond acceptors (Lipinski definition) is 3. The molecule has 0 spiro atoms. The van der Waals surface area contributed by atoms with Crippen LogP contribution in [0.4, 0.5) is 5.69 Å². The summed E-state index contributed by atoms with van der Waals surface area (Å²) in [6.07, 6.45) is 2.58. The lowest BCUT2D eigenvalue weighted by Crippen LogP contribution is -2.46. The molecule has 1 aliphatic rings. The van der Waals surface area contributed by atoms with Gasteiger partial charge in [-0.05, 0) is 43.6 Å². The number of thiocarbonyl (C=S) groups is 1. The fraction of sp³-hybridized carbons (Fsp3) is 0.500. The van der Waals surface area contributed by atoms with Gasteiger partial charge in [0.05, 0.1) is 5.69 Å². The Morgan fingerprint density at radius 1 is 1.36 bits per heavy atom. The summed E-state index contributed by atoms with van der Waals surface area (Å²) in [5.41, 5.74) is 0.468. The molecule has 1 aromatic rings. The first-order chi connectivity index (χ1) is 10.6. The van der Waals surface area contributed by atoms with Crippen LogP contribution in [0.25, 0.3) is 0 Å². The highest BCUT2D eigenvalue weighted by Crippen LogP contribution is 2.24. The van der Waals surface area contributed by atoms with Crippen LogP contribution in [0.3, 0.4) is 0 Å². The van der Waals surface area contributed by atoms with E-state index >= 15 is 0 Å². The topological polar surface area (TPSA) is 64.6 Å². The van der Waals surface area contributed by atoms with Gasteiger partial charge in [0, 0.05) is 25.6 Å². The minimum atomic E-state index is -0.0372. The van der Waals surface area contributed by atoms with Gasteiger partial charge in [0.15, 0.2) is 5.11 Å². The summed E-state index contributed by atoms with van der Waals surface area (Å²) >= 11 is 5.35. The van der Waals surface area contributed by atoms with Crippen molar-refractivity contribution in [3.63, 3.8) is 0 Å². The molecular formula is C16H23N3O2S. The minimum Gasteiger partial charge on any atom is -0.506 e. The molecule has 0 aliphatic carbocycles. The zero-order valence-corrected chi connectivity index (χ0v) is 13.7. The molecule has 0 bridgehead atoms. The van der Waals surface area contributed by atoms with Crippen LogP contribution < -0.4 is 10.6 Å². The van der Waals surface area contributed by atoms with Crippen molar-refractivity contribution < 1.29 is 9.90 Å². The average molecular weight is 321 g/mol. The molecule has 0 atom stereocenters. The molecule has 3 N–H and O–H groups in total. The number of hydrogen-bond donors (Lipinski definition) is 3. The molecule has 0 radical (unpaired) electrons. The van der Waals surface area contributed by atoms with E-state index in [-0.39, 0.29) is 17.6 Å². The van der Waals surface area contributed by atoms with Crippen molar-refractivity contribution in [2.45, 2.75) is 26.2 Å². The Labute approximate surface area is 136 Å². The molecule has 1 fully saturated rings. The largest absolute Gasteiger partial charge is 0.506 e. The van der Waals surface area contributed by atoms with E-state index in [1.165, 1.54) is 0 Å². The van der Waals surface area contributed by atoms with Crippen LogP contribution >= 0.6 is 12.2 Å². The number of phenols is 1. The molecule has 6 heteroatoms. The predicted molar refractivity (Wildman–Crippen MR) is 91.9 cm³/mol. The molecule has 0 unspecified atom stereocenters. The summed E-state index contributed by atoms with van der Waals surface area (Å²) in [4.78, 5) is 14.4. The number of carbonyl (C=O) groups is 1. The first-order valence-electron chi connectivity index (χ1n) is 7.73.